The Morgan fingerprint density at radius 2 is 1.70 bits per heavy atom. The van der Waals surface area contributed by atoms with Crippen molar-refractivity contribution in [1.29, 1.82) is 0 Å². The third-order valence-electron chi connectivity index (χ3n) is 6.26. The fourth-order valence-corrected chi connectivity index (χ4v) is 4.86. The summed E-state index contributed by atoms with van der Waals surface area (Å²) in [7, 11) is 3.14. The summed E-state index contributed by atoms with van der Waals surface area (Å²) in [4.78, 5) is 29.2. The average Bonchev–Trinajstić information content (AvgIpc) is 3.20. The summed E-state index contributed by atoms with van der Waals surface area (Å²) >= 11 is 3.43. The number of anilines is 1. The first-order valence-corrected chi connectivity index (χ1v) is 12.7. The van der Waals surface area contributed by atoms with Crippen LogP contribution in [-0.4, -0.2) is 26.7 Å². The number of hydrogen-bond donors (Lipinski definition) is 0. The van der Waals surface area contributed by atoms with E-state index in [1.807, 2.05) is 18.2 Å². The van der Waals surface area contributed by atoms with Gasteiger partial charge in [0.25, 0.3) is 5.91 Å². The minimum atomic E-state index is -0.733. The van der Waals surface area contributed by atoms with Crippen LogP contribution in [0.1, 0.15) is 41.6 Å². The van der Waals surface area contributed by atoms with Gasteiger partial charge in [-0.1, -0.05) is 35.8 Å². The van der Waals surface area contributed by atoms with E-state index in [-0.39, 0.29) is 16.8 Å². The molecular weight excluding hydrogens is 538 g/mol. The first-order valence-electron chi connectivity index (χ1n) is 11.9. The highest BCUT2D eigenvalue weighted by Gasteiger charge is 2.44. The lowest BCUT2D eigenvalue weighted by atomic mass is 9.97. The van der Waals surface area contributed by atoms with E-state index in [1.165, 1.54) is 0 Å². The molecule has 4 aromatic rings. The second-order valence-corrected chi connectivity index (χ2v) is 10.1. The van der Waals surface area contributed by atoms with Gasteiger partial charge in [0.1, 0.15) is 11.3 Å². The van der Waals surface area contributed by atoms with Gasteiger partial charge >= 0.3 is 0 Å². The molecule has 3 aromatic carbocycles. The molecule has 190 valence electrons. The molecule has 0 spiro atoms. The Bertz CT molecular complexity index is 1540. The van der Waals surface area contributed by atoms with E-state index in [2.05, 4.69) is 29.8 Å². The fraction of sp³-hybridized carbons (Fsp3) is 0.241. The molecule has 0 N–H and O–H groups in total. The quantitative estimate of drug-likeness (QED) is 0.260. The number of nitrogens with zero attached hydrogens (tertiary/aromatic N) is 1. The Labute approximate surface area is 222 Å². The number of fused-ring (bicyclic) bond motifs is 2. The van der Waals surface area contributed by atoms with Crippen LogP contribution in [0.25, 0.3) is 11.0 Å². The predicted octanol–water partition coefficient (Wildman–Crippen LogP) is 6.36. The van der Waals surface area contributed by atoms with Crippen LogP contribution in [0, 0.1) is 5.92 Å². The van der Waals surface area contributed by atoms with E-state index in [1.54, 1.807) is 61.6 Å². The zero-order valence-corrected chi connectivity index (χ0v) is 22.5. The lowest BCUT2D eigenvalue weighted by Crippen LogP contribution is -2.29. The van der Waals surface area contributed by atoms with Crippen LogP contribution in [0.4, 0.5) is 5.69 Å². The summed E-state index contributed by atoms with van der Waals surface area (Å²) in [5.41, 5.74) is 1.67. The van der Waals surface area contributed by atoms with Gasteiger partial charge in [-0.2, -0.15) is 0 Å². The van der Waals surface area contributed by atoms with Crippen molar-refractivity contribution < 1.29 is 23.4 Å². The number of carbonyl (C=O) groups excluding carboxylic acids is 1. The zero-order valence-electron chi connectivity index (χ0n) is 20.9. The minimum absolute atomic E-state index is 0.0275. The number of amides is 1. The van der Waals surface area contributed by atoms with Crippen molar-refractivity contribution in [3.8, 4) is 17.2 Å². The van der Waals surface area contributed by atoms with Crippen LogP contribution in [-0.2, 0) is 0 Å². The number of benzene rings is 3. The van der Waals surface area contributed by atoms with Crippen molar-refractivity contribution in [2.75, 3.05) is 25.7 Å². The van der Waals surface area contributed by atoms with Gasteiger partial charge in [0.05, 0.1) is 37.8 Å². The van der Waals surface area contributed by atoms with Gasteiger partial charge in [-0.25, -0.2) is 0 Å². The molecule has 0 fully saturated rings. The first kappa shape index (κ1) is 24.9. The second-order valence-electron chi connectivity index (χ2n) is 9.21. The minimum Gasteiger partial charge on any atom is -0.497 e. The van der Waals surface area contributed by atoms with Crippen molar-refractivity contribution in [3.05, 3.63) is 92.2 Å². The Kier molecular flexibility index (Phi) is 6.69. The van der Waals surface area contributed by atoms with Gasteiger partial charge in [-0.15, -0.1) is 0 Å². The third-order valence-corrected chi connectivity index (χ3v) is 6.75. The Hall–Kier alpha value is -3.78. The highest BCUT2D eigenvalue weighted by atomic mass is 79.9. The Balaban J connectivity index is 1.72. The molecule has 1 atom stereocenters. The van der Waals surface area contributed by atoms with Crippen LogP contribution in [0.2, 0.25) is 0 Å². The summed E-state index contributed by atoms with van der Waals surface area (Å²) in [6.45, 7) is 4.66. The highest BCUT2D eigenvalue weighted by Crippen LogP contribution is 2.43. The van der Waals surface area contributed by atoms with Crippen LogP contribution >= 0.6 is 15.9 Å². The van der Waals surface area contributed by atoms with Crippen LogP contribution < -0.4 is 24.5 Å². The van der Waals surface area contributed by atoms with E-state index in [9.17, 15) is 9.59 Å². The van der Waals surface area contributed by atoms with E-state index in [4.69, 9.17) is 18.6 Å². The van der Waals surface area contributed by atoms with Crippen LogP contribution in [0.5, 0.6) is 17.2 Å². The molecule has 5 rings (SSSR count). The molecule has 0 aliphatic carbocycles. The predicted molar refractivity (Wildman–Crippen MR) is 145 cm³/mol. The molecule has 1 amide bonds. The molecule has 7 nitrogen and oxygen atoms in total. The molecule has 1 aliphatic heterocycles. The Morgan fingerprint density at radius 3 is 2.38 bits per heavy atom. The first-order chi connectivity index (χ1) is 17.8. The van der Waals surface area contributed by atoms with Gasteiger partial charge in [0.15, 0.2) is 16.9 Å². The smallest absolute Gasteiger partial charge is 0.295 e. The molecule has 0 saturated carbocycles. The number of methoxy groups -OCH3 is 2. The van der Waals surface area contributed by atoms with Crippen molar-refractivity contribution in [1.82, 2.24) is 0 Å². The van der Waals surface area contributed by atoms with E-state index in [0.29, 0.717) is 52.0 Å². The molecule has 1 aliphatic rings. The molecule has 0 bridgehead atoms. The number of rotatable bonds is 7. The maximum absolute atomic E-state index is 13.8. The molecule has 8 heteroatoms. The summed E-state index contributed by atoms with van der Waals surface area (Å²) in [5, 5.41) is 0.395. The van der Waals surface area contributed by atoms with E-state index >= 15 is 0 Å². The fourth-order valence-electron chi connectivity index (χ4n) is 4.50. The lowest BCUT2D eigenvalue weighted by molar-refractivity contribution is 0.0971. The maximum atomic E-state index is 13.8. The summed E-state index contributed by atoms with van der Waals surface area (Å²) in [6.07, 6.45) is 0. The third kappa shape index (κ3) is 4.46. The van der Waals surface area contributed by atoms with Crippen LogP contribution in [0.3, 0.4) is 0 Å². The normalized spacial score (nSPS) is 14.8. The zero-order chi connectivity index (χ0) is 26.3. The molecule has 0 saturated heterocycles. The van der Waals surface area contributed by atoms with Crippen molar-refractivity contribution in [2.45, 2.75) is 19.9 Å². The summed E-state index contributed by atoms with van der Waals surface area (Å²) in [5.74, 6) is 1.73. The molecule has 1 unspecified atom stereocenters. The second kappa shape index (κ2) is 9.94. The molecular formula is C29H26BrNO6. The van der Waals surface area contributed by atoms with Gasteiger partial charge in [0.2, 0.25) is 5.76 Å². The molecule has 2 heterocycles. The number of ether oxygens (including phenoxy) is 3. The van der Waals surface area contributed by atoms with Crippen molar-refractivity contribution in [2.24, 2.45) is 5.92 Å². The van der Waals surface area contributed by atoms with Gasteiger partial charge in [-0.05, 0) is 66.1 Å². The summed E-state index contributed by atoms with van der Waals surface area (Å²) in [6, 6.07) is 17.0. The molecule has 37 heavy (non-hydrogen) atoms. The molecule has 1 aromatic heterocycles. The standard InChI is InChI=1S/C29H26BrNO6/c1-16(2)15-36-23-11-5-17(13-24(23)35-4)26-25-27(32)21-14-18(30)6-12-22(21)37-28(25)29(33)31(26)19-7-9-20(34-3)10-8-19/h5-14,16,26H,15H2,1-4H3. The van der Waals surface area contributed by atoms with E-state index in [0.717, 1.165) is 4.47 Å². The van der Waals surface area contributed by atoms with Crippen LogP contribution in [0.15, 0.2) is 74.3 Å². The van der Waals surface area contributed by atoms with Gasteiger partial charge < -0.3 is 18.6 Å². The molecule has 0 radical (unpaired) electrons. The maximum Gasteiger partial charge on any atom is 0.295 e. The van der Waals surface area contributed by atoms with Gasteiger partial charge in [0, 0.05) is 10.2 Å². The summed E-state index contributed by atoms with van der Waals surface area (Å²) < 4.78 is 23.6. The Morgan fingerprint density at radius 1 is 0.946 bits per heavy atom. The largest absolute Gasteiger partial charge is 0.497 e. The van der Waals surface area contributed by atoms with Crippen molar-refractivity contribution in [3.63, 3.8) is 0 Å². The van der Waals surface area contributed by atoms with E-state index < -0.39 is 11.9 Å². The number of halogens is 1. The monoisotopic (exact) mass is 563 g/mol. The lowest BCUT2D eigenvalue weighted by Gasteiger charge is -2.26. The SMILES string of the molecule is COc1ccc(N2C(=O)c3oc4ccc(Br)cc4c(=O)c3C2c2ccc(OCC(C)C)c(OC)c2)cc1. The number of hydrogen-bond acceptors (Lipinski definition) is 6. The highest BCUT2D eigenvalue weighted by molar-refractivity contribution is 9.10. The average molecular weight is 564 g/mol. The topological polar surface area (TPSA) is 78.2 Å². The number of carbonyl (C=O) groups is 1. The van der Waals surface area contributed by atoms with Crippen molar-refractivity contribution >= 4 is 38.5 Å². The van der Waals surface area contributed by atoms with Gasteiger partial charge in [-0.3, -0.25) is 14.5 Å².